The van der Waals surface area contributed by atoms with Crippen molar-refractivity contribution in [1.29, 1.82) is 0 Å². The fraction of sp³-hybridized carbons (Fsp3) is 0.214. The maximum atomic E-state index is 11.8. The summed E-state index contributed by atoms with van der Waals surface area (Å²) in [6, 6.07) is 10.8. The van der Waals surface area contributed by atoms with E-state index in [9.17, 15) is 14.9 Å². The molecule has 0 fully saturated rings. The van der Waals surface area contributed by atoms with Crippen LogP contribution in [0.5, 0.6) is 0 Å². The topological polar surface area (TPSA) is 74.4 Å². The van der Waals surface area contributed by atoms with Crippen LogP contribution >= 0.6 is 0 Å². The molecule has 0 saturated heterocycles. The molecule has 0 atom stereocenters. The molecule has 0 aliphatic heterocycles. The minimum Gasteiger partial charge on any atom is -0.356 e. The lowest BCUT2D eigenvalue weighted by Crippen LogP contribution is -2.23. The van der Waals surface area contributed by atoms with Gasteiger partial charge in [-0.25, -0.2) is 0 Å². The zero-order valence-corrected chi connectivity index (χ0v) is 11.0. The molecule has 0 unspecified atom stereocenters. The van der Waals surface area contributed by atoms with Crippen molar-refractivity contribution in [1.82, 2.24) is 4.57 Å². The molecule has 0 aliphatic carbocycles. The summed E-state index contributed by atoms with van der Waals surface area (Å²) in [6.45, 7) is 1.87. The van der Waals surface area contributed by atoms with E-state index in [1.165, 1.54) is 16.8 Å². The SMILES string of the molecule is Cc1cc([N+](=O)[O-])cn(COCc2ccccc2)c1=O. The van der Waals surface area contributed by atoms with Crippen molar-refractivity contribution < 1.29 is 9.66 Å². The molecule has 2 aromatic rings. The number of rotatable bonds is 5. The smallest absolute Gasteiger partial charge is 0.286 e. The second-order valence-electron chi connectivity index (χ2n) is 4.38. The number of hydrogen-bond donors (Lipinski definition) is 0. The van der Waals surface area contributed by atoms with E-state index in [-0.39, 0.29) is 18.0 Å². The van der Waals surface area contributed by atoms with Crippen molar-refractivity contribution in [3.8, 4) is 0 Å². The number of nitrogens with zero attached hydrogens (tertiary/aromatic N) is 2. The van der Waals surface area contributed by atoms with E-state index in [4.69, 9.17) is 4.74 Å². The van der Waals surface area contributed by atoms with Crippen LogP contribution in [0.1, 0.15) is 11.1 Å². The maximum Gasteiger partial charge on any atom is 0.286 e. The zero-order valence-electron chi connectivity index (χ0n) is 11.0. The first-order valence-corrected chi connectivity index (χ1v) is 6.05. The van der Waals surface area contributed by atoms with Gasteiger partial charge in [0.2, 0.25) is 0 Å². The Morgan fingerprint density at radius 1 is 1.30 bits per heavy atom. The van der Waals surface area contributed by atoms with Crippen LogP contribution in [-0.2, 0) is 18.1 Å². The molecule has 0 amide bonds. The van der Waals surface area contributed by atoms with Crippen molar-refractivity contribution >= 4 is 5.69 Å². The summed E-state index contributed by atoms with van der Waals surface area (Å²) in [6.07, 6.45) is 1.19. The fourth-order valence-electron chi connectivity index (χ4n) is 1.80. The van der Waals surface area contributed by atoms with Crippen molar-refractivity contribution in [3.63, 3.8) is 0 Å². The van der Waals surface area contributed by atoms with E-state index >= 15 is 0 Å². The molecule has 1 aromatic carbocycles. The predicted molar refractivity (Wildman–Crippen MR) is 73.3 cm³/mol. The summed E-state index contributed by atoms with van der Waals surface area (Å²) >= 11 is 0. The van der Waals surface area contributed by atoms with Gasteiger partial charge in [-0.2, -0.15) is 0 Å². The molecule has 1 aromatic heterocycles. The minimum absolute atomic E-state index is 0.0176. The molecule has 6 heteroatoms. The van der Waals surface area contributed by atoms with Gasteiger partial charge in [0.25, 0.3) is 11.2 Å². The molecular weight excluding hydrogens is 260 g/mol. The van der Waals surface area contributed by atoms with Crippen LogP contribution in [0.25, 0.3) is 0 Å². The summed E-state index contributed by atoms with van der Waals surface area (Å²) in [5.74, 6) is 0. The highest BCUT2D eigenvalue weighted by Crippen LogP contribution is 2.10. The van der Waals surface area contributed by atoms with E-state index < -0.39 is 4.92 Å². The summed E-state index contributed by atoms with van der Waals surface area (Å²) in [5, 5.41) is 10.8. The summed E-state index contributed by atoms with van der Waals surface area (Å²) < 4.78 is 6.62. The zero-order chi connectivity index (χ0) is 14.5. The van der Waals surface area contributed by atoms with Crippen LogP contribution in [-0.4, -0.2) is 9.49 Å². The Labute approximate surface area is 115 Å². The molecule has 1 heterocycles. The lowest BCUT2D eigenvalue weighted by molar-refractivity contribution is -0.385. The Kier molecular flexibility index (Phi) is 4.27. The number of nitro groups is 1. The highest BCUT2D eigenvalue weighted by atomic mass is 16.6. The highest BCUT2D eigenvalue weighted by Gasteiger charge is 2.11. The number of aromatic nitrogens is 1. The van der Waals surface area contributed by atoms with E-state index in [2.05, 4.69) is 0 Å². The van der Waals surface area contributed by atoms with Crippen LogP contribution in [0.15, 0.2) is 47.4 Å². The second kappa shape index (κ2) is 6.12. The third-order valence-electron chi connectivity index (χ3n) is 2.80. The lowest BCUT2D eigenvalue weighted by Gasteiger charge is -2.08. The molecular formula is C14H14N2O4. The molecule has 104 valence electrons. The van der Waals surface area contributed by atoms with Gasteiger partial charge >= 0.3 is 0 Å². The normalized spacial score (nSPS) is 10.4. The van der Waals surface area contributed by atoms with Crippen LogP contribution in [0, 0.1) is 17.0 Å². The number of ether oxygens (including phenoxy) is 1. The third-order valence-corrected chi connectivity index (χ3v) is 2.80. The van der Waals surface area contributed by atoms with Gasteiger partial charge in [-0.05, 0) is 12.5 Å². The van der Waals surface area contributed by atoms with Gasteiger partial charge in [-0.3, -0.25) is 19.5 Å². The number of benzene rings is 1. The minimum atomic E-state index is -0.528. The van der Waals surface area contributed by atoms with Gasteiger partial charge in [0, 0.05) is 11.6 Å². The Balaban J connectivity index is 2.09. The Morgan fingerprint density at radius 2 is 2.00 bits per heavy atom. The van der Waals surface area contributed by atoms with Crippen molar-refractivity contribution in [2.24, 2.45) is 0 Å². The van der Waals surface area contributed by atoms with Crippen LogP contribution < -0.4 is 5.56 Å². The molecule has 0 saturated carbocycles. The van der Waals surface area contributed by atoms with Gasteiger partial charge in [-0.15, -0.1) is 0 Å². The van der Waals surface area contributed by atoms with Gasteiger partial charge in [-0.1, -0.05) is 30.3 Å². The highest BCUT2D eigenvalue weighted by molar-refractivity contribution is 5.29. The van der Waals surface area contributed by atoms with Crippen molar-refractivity contribution in [2.75, 3.05) is 0 Å². The second-order valence-corrected chi connectivity index (χ2v) is 4.38. The molecule has 2 rings (SSSR count). The van der Waals surface area contributed by atoms with Crippen molar-refractivity contribution in [3.05, 3.63) is 74.2 Å². The van der Waals surface area contributed by atoms with E-state index in [0.29, 0.717) is 12.2 Å². The summed E-state index contributed by atoms with van der Waals surface area (Å²) in [7, 11) is 0. The first-order valence-electron chi connectivity index (χ1n) is 6.05. The van der Waals surface area contributed by atoms with Gasteiger partial charge in [0.15, 0.2) is 0 Å². The third kappa shape index (κ3) is 3.30. The van der Waals surface area contributed by atoms with Gasteiger partial charge < -0.3 is 4.74 Å². The molecule has 0 radical (unpaired) electrons. The predicted octanol–water partition coefficient (Wildman–Crippen LogP) is 2.24. The van der Waals surface area contributed by atoms with Crippen molar-refractivity contribution in [2.45, 2.75) is 20.3 Å². The summed E-state index contributed by atoms with van der Waals surface area (Å²) in [5.41, 5.74) is 0.888. The standard InChI is InChI=1S/C14H14N2O4/c1-11-7-13(16(18)19)8-15(14(11)17)10-20-9-12-5-3-2-4-6-12/h2-8H,9-10H2,1H3. The van der Waals surface area contributed by atoms with E-state index in [1.54, 1.807) is 6.92 Å². The van der Waals surface area contributed by atoms with E-state index in [1.807, 2.05) is 30.3 Å². The first kappa shape index (κ1) is 14.0. The Morgan fingerprint density at radius 3 is 2.65 bits per heavy atom. The monoisotopic (exact) mass is 274 g/mol. The average molecular weight is 274 g/mol. The molecule has 0 N–H and O–H groups in total. The molecule has 6 nitrogen and oxygen atoms in total. The maximum absolute atomic E-state index is 11.8. The van der Waals surface area contributed by atoms with Crippen LogP contribution in [0.4, 0.5) is 5.69 Å². The fourth-order valence-corrected chi connectivity index (χ4v) is 1.80. The van der Waals surface area contributed by atoms with Gasteiger partial charge in [0.05, 0.1) is 17.7 Å². The molecule has 0 bridgehead atoms. The quantitative estimate of drug-likeness (QED) is 0.619. The van der Waals surface area contributed by atoms with Crippen LogP contribution in [0.2, 0.25) is 0 Å². The average Bonchev–Trinajstić information content (AvgIpc) is 2.44. The Hall–Kier alpha value is -2.47. The largest absolute Gasteiger partial charge is 0.356 e. The number of aryl methyl sites for hydroxylation is 1. The number of pyridine rings is 1. The Bertz CT molecular complexity index is 665. The number of hydrogen-bond acceptors (Lipinski definition) is 4. The lowest BCUT2D eigenvalue weighted by atomic mass is 10.2. The van der Waals surface area contributed by atoms with Crippen LogP contribution in [0.3, 0.4) is 0 Å². The summed E-state index contributed by atoms with van der Waals surface area (Å²) in [4.78, 5) is 22.1. The molecule has 0 spiro atoms. The van der Waals surface area contributed by atoms with E-state index in [0.717, 1.165) is 5.56 Å². The molecule has 20 heavy (non-hydrogen) atoms. The van der Waals surface area contributed by atoms with Gasteiger partial charge in [0.1, 0.15) is 6.73 Å². The molecule has 0 aliphatic rings. The first-order chi connectivity index (χ1) is 9.58.